The fraction of sp³-hybridized carbons (Fsp3) is 0.444. The number of ether oxygens (including phenoxy) is 1. The number of fused-ring (bicyclic) bond motifs is 2. The second-order valence-corrected chi connectivity index (χ2v) is 6.40. The molecule has 23 heavy (non-hydrogen) atoms. The molecule has 3 heterocycles. The van der Waals surface area contributed by atoms with Crippen LogP contribution < -0.4 is 10.1 Å². The molecule has 2 saturated heterocycles. The molecular weight excluding hydrogens is 290 g/mol. The van der Waals surface area contributed by atoms with Gasteiger partial charge in [-0.25, -0.2) is 0 Å². The fourth-order valence-corrected chi connectivity index (χ4v) is 3.63. The van der Waals surface area contributed by atoms with Gasteiger partial charge in [0.2, 0.25) is 0 Å². The molecule has 2 bridgehead atoms. The zero-order chi connectivity index (χ0) is 15.6. The molecule has 1 aromatic carbocycles. The largest absolute Gasteiger partial charge is 0.497 e. The maximum atomic E-state index is 5.38. The van der Waals surface area contributed by atoms with E-state index in [0.717, 1.165) is 30.0 Å². The van der Waals surface area contributed by atoms with Gasteiger partial charge < -0.3 is 14.6 Å². The molecule has 0 spiro atoms. The minimum absolute atomic E-state index is 0.431. The third-order valence-corrected chi connectivity index (χ3v) is 4.83. The molecule has 2 atom stereocenters. The molecule has 2 aliphatic rings. The molecule has 0 aliphatic carbocycles. The van der Waals surface area contributed by atoms with Gasteiger partial charge in [0.25, 0.3) is 5.89 Å². The van der Waals surface area contributed by atoms with E-state index in [1.807, 2.05) is 36.4 Å². The van der Waals surface area contributed by atoms with Crippen molar-refractivity contribution in [2.75, 3.05) is 7.11 Å². The average molecular weight is 311 g/mol. The number of piperidine rings is 1. The second-order valence-electron chi connectivity index (χ2n) is 6.40. The Balaban J connectivity index is 1.44. The van der Waals surface area contributed by atoms with E-state index in [1.54, 1.807) is 7.11 Å². The molecule has 5 heteroatoms. The summed E-state index contributed by atoms with van der Waals surface area (Å²) in [5.41, 5.74) is 1.07. The van der Waals surface area contributed by atoms with Crippen molar-refractivity contribution in [1.29, 1.82) is 0 Å². The summed E-state index contributed by atoms with van der Waals surface area (Å²) in [4.78, 5) is 4.56. The van der Waals surface area contributed by atoms with Crippen molar-refractivity contribution in [3.8, 4) is 5.75 Å². The van der Waals surface area contributed by atoms with Gasteiger partial charge in [0.05, 0.1) is 7.11 Å². The minimum atomic E-state index is 0.431. The van der Waals surface area contributed by atoms with E-state index in [9.17, 15) is 0 Å². The predicted octanol–water partition coefficient (Wildman–Crippen LogP) is 3.25. The molecule has 4 rings (SSSR count). The number of aromatic nitrogens is 2. The Labute approximate surface area is 135 Å². The number of methoxy groups -OCH3 is 1. The lowest BCUT2D eigenvalue weighted by Crippen LogP contribution is -2.37. The van der Waals surface area contributed by atoms with Crippen molar-refractivity contribution in [2.45, 2.75) is 43.7 Å². The lowest BCUT2D eigenvalue weighted by Gasteiger charge is -2.26. The van der Waals surface area contributed by atoms with E-state index < -0.39 is 0 Å². The van der Waals surface area contributed by atoms with Crippen LogP contribution in [0.1, 0.15) is 48.9 Å². The summed E-state index contributed by atoms with van der Waals surface area (Å²) >= 11 is 0. The van der Waals surface area contributed by atoms with Crippen LogP contribution in [0.4, 0.5) is 0 Å². The van der Waals surface area contributed by atoms with E-state index in [4.69, 9.17) is 9.26 Å². The molecule has 0 saturated carbocycles. The third kappa shape index (κ3) is 3.15. The number of nitrogens with zero attached hydrogens (tertiary/aromatic N) is 2. The molecule has 2 unspecified atom stereocenters. The highest BCUT2D eigenvalue weighted by molar-refractivity contribution is 5.66. The van der Waals surface area contributed by atoms with Crippen molar-refractivity contribution in [3.05, 3.63) is 41.5 Å². The van der Waals surface area contributed by atoms with Crippen LogP contribution >= 0.6 is 0 Å². The zero-order valence-corrected chi connectivity index (χ0v) is 13.2. The quantitative estimate of drug-likeness (QED) is 0.939. The summed E-state index contributed by atoms with van der Waals surface area (Å²) in [6.45, 7) is 0. The lowest BCUT2D eigenvalue weighted by atomic mass is 9.92. The molecule has 2 fully saturated rings. The number of nitrogens with one attached hydrogen (secondary N) is 1. The maximum absolute atomic E-state index is 5.38. The molecule has 1 N–H and O–H groups in total. The highest BCUT2D eigenvalue weighted by Crippen LogP contribution is 2.35. The molecule has 2 aromatic rings. The van der Waals surface area contributed by atoms with Crippen molar-refractivity contribution >= 4 is 12.2 Å². The maximum Gasteiger partial charge on any atom is 0.250 e. The molecule has 120 valence electrons. The monoisotopic (exact) mass is 311 g/mol. The Morgan fingerprint density at radius 2 is 1.87 bits per heavy atom. The summed E-state index contributed by atoms with van der Waals surface area (Å²) in [5.74, 6) is 2.71. The smallest absolute Gasteiger partial charge is 0.250 e. The van der Waals surface area contributed by atoms with Gasteiger partial charge in [0, 0.05) is 24.1 Å². The first-order valence-electron chi connectivity index (χ1n) is 8.22. The van der Waals surface area contributed by atoms with E-state index in [0.29, 0.717) is 23.9 Å². The van der Waals surface area contributed by atoms with Crippen LogP contribution in [0.5, 0.6) is 5.75 Å². The van der Waals surface area contributed by atoms with Crippen LogP contribution in [0.15, 0.2) is 28.8 Å². The molecular formula is C18H21N3O2. The number of hydrogen-bond donors (Lipinski definition) is 1. The minimum Gasteiger partial charge on any atom is -0.497 e. The summed E-state index contributed by atoms with van der Waals surface area (Å²) in [6.07, 6.45) is 8.65. The molecule has 0 radical (unpaired) electrons. The zero-order valence-electron chi connectivity index (χ0n) is 13.2. The molecule has 1 aromatic heterocycles. The van der Waals surface area contributed by atoms with Crippen LogP contribution in [0.2, 0.25) is 0 Å². The number of hydrogen-bond acceptors (Lipinski definition) is 5. The van der Waals surface area contributed by atoms with Gasteiger partial charge in [-0.15, -0.1) is 0 Å². The summed E-state index contributed by atoms with van der Waals surface area (Å²) in [7, 11) is 1.66. The number of rotatable bonds is 4. The van der Waals surface area contributed by atoms with Crippen molar-refractivity contribution in [3.63, 3.8) is 0 Å². The van der Waals surface area contributed by atoms with Crippen molar-refractivity contribution in [1.82, 2.24) is 15.5 Å². The second kappa shape index (κ2) is 6.16. The summed E-state index contributed by atoms with van der Waals surface area (Å²) < 4.78 is 10.5. The first-order valence-corrected chi connectivity index (χ1v) is 8.22. The SMILES string of the molecule is COc1ccc(/C=C/c2nc(C3CC4CCC(C3)N4)no2)cc1. The van der Waals surface area contributed by atoms with E-state index in [1.165, 1.54) is 12.8 Å². The van der Waals surface area contributed by atoms with Gasteiger partial charge >= 0.3 is 0 Å². The van der Waals surface area contributed by atoms with Crippen molar-refractivity contribution in [2.24, 2.45) is 0 Å². The predicted molar refractivity (Wildman–Crippen MR) is 88.1 cm³/mol. The standard InChI is InChI=1S/C18H21N3O2/c1-22-16-7-2-12(3-8-16)4-9-17-20-18(21-23-17)13-10-14-5-6-15(11-13)19-14/h2-4,7-9,13-15,19H,5-6,10-11H2,1H3/b9-4+. The molecule has 2 aliphatic heterocycles. The van der Waals surface area contributed by atoms with Crippen LogP contribution in [0, 0.1) is 0 Å². The number of benzene rings is 1. The Morgan fingerprint density at radius 1 is 1.13 bits per heavy atom. The van der Waals surface area contributed by atoms with Gasteiger partial charge in [0.1, 0.15) is 5.75 Å². The molecule has 0 amide bonds. The Bertz CT molecular complexity index is 681. The van der Waals surface area contributed by atoms with Crippen LogP contribution in [-0.4, -0.2) is 29.3 Å². The Hall–Kier alpha value is -2.14. The fourth-order valence-electron chi connectivity index (χ4n) is 3.63. The van der Waals surface area contributed by atoms with E-state index in [-0.39, 0.29) is 0 Å². The van der Waals surface area contributed by atoms with Crippen LogP contribution in [0.25, 0.3) is 12.2 Å². The Kier molecular flexibility index (Phi) is 3.87. The lowest BCUT2D eigenvalue weighted by molar-refractivity contribution is 0.338. The highest BCUT2D eigenvalue weighted by Gasteiger charge is 2.35. The average Bonchev–Trinajstić information content (AvgIpc) is 3.20. The molecule has 5 nitrogen and oxygen atoms in total. The first-order chi connectivity index (χ1) is 11.3. The topological polar surface area (TPSA) is 60.2 Å². The van der Waals surface area contributed by atoms with Crippen LogP contribution in [0.3, 0.4) is 0 Å². The van der Waals surface area contributed by atoms with Gasteiger partial charge in [-0.1, -0.05) is 17.3 Å². The summed E-state index contributed by atoms with van der Waals surface area (Å²) in [5, 5.41) is 7.83. The van der Waals surface area contributed by atoms with E-state index in [2.05, 4.69) is 15.5 Å². The first kappa shape index (κ1) is 14.5. The normalized spacial score (nSPS) is 26.7. The van der Waals surface area contributed by atoms with Crippen LogP contribution in [-0.2, 0) is 0 Å². The van der Waals surface area contributed by atoms with Gasteiger partial charge in [-0.2, -0.15) is 4.98 Å². The third-order valence-electron chi connectivity index (χ3n) is 4.83. The van der Waals surface area contributed by atoms with Crippen molar-refractivity contribution < 1.29 is 9.26 Å². The van der Waals surface area contributed by atoms with Gasteiger partial charge in [-0.05, 0) is 49.5 Å². The van der Waals surface area contributed by atoms with Gasteiger partial charge in [0.15, 0.2) is 5.82 Å². The summed E-state index contributed by atoms with van der Waals surface area (Å²) in [6, 6.07) is 9.13. The Morgan fingerprint density at radius 3 is 2.57 bits per heavy atom. The van der Waals surface area contributed by atoms with E-state index >= 15 is 0 Å². The highest BCUT2D eigenvalue weighted by atomic mass is 16.5. The van der Waals surface area contributed by atoms with Gasteiger partial charge in [-0.3, -0.25) is 0 Å².